The van der Waals surface area contributed by atoms with E-state index in [1.807, 2.05) is 42.2 Å². The maximum atomic E-state index is 10.7. The zero-order valence-electron chi connectivity index (χ0n) is 15.5. The first-order chi connectivity index (χ1) is 13.4. The molecule has 0 fully saturated rings. The van der Waals surface area contributed by atoms with Gasteiger partial charge in [-0.05, 0) is 44.0 Å². The normalized spacial score (nSPS) is 19.0. The van der Waals surface area contributed by atoms with Crippen LogP contribution in [0.25, 0.3) is 0 Å². The summed E-state index contributed by atoms with van der Waals surface area (Å²) in [4.78, 5) is 20.7. The molecule has 4 N–H and O–H groups in total. The van der Waals surface area contributed by atoms with Crippen molar-refractivity contribution in [1.29, 1.82) is 0 Å². The molecule has 146 valence electrons. The third kappa shape index (κ3) is 4.20. The van der Waals surface area contributed by atoms with Crippen LogP contribution < -0.4 is 21.1 Å². The lowest BCUT2D eigenvalue weighted by atomic mass is 10.0. The average Bonchev–Trinajstić information content (AvgIpc) is 2.66. The van der Waals surface area contributed by atoms with Gasteiger partial charge in [-0.2, -0.15) is 4.99 Å². The Bertz CT molecular complexity index is 898. The number of hydrogen-bond acceptors (Lipinski definition) is 8. The third-order valence-electron chi connectivity index (χ3n) is 4.42. The van der Waals surface area contributed by atoms with Gasteiger partial charge in [0.1, 0.15) is 11.4 Å². The first kappa shape index (κ1) is 19.2. The molecule has 9 nitrogen and oxygen atoms in total. The van der Waals surface area contributed by atoms with Crippen LogP contribution in [0.5, 0.6) is 5.75 Å². The van der Waals surface area contributed by atoms with Crippen LogP contribution in [-0.2, 0) is 0 Å². The monoisotopic (exact) mass is 382 g/mol. The van der Waals surface area contributed by atoms with E-state index in [2.05, 4.69) is 9.98 Å². The molecular formula is C19H22N6O3. The van der Waals surface area contributed by atoms with Gasteiger partial charge >= 0.3 is 0 Å². The summed E-state index contributed by atoms with van der Waals surface area (Å²) in [6.07, 6.45) is 1.28. The Kier molecular flexibility index (Phi) is 5.44. The van der Waals surface area contributed by atoms with Crippen LogP contribution in [0.1, 0.15) is 19.8 Å². The minimum atomic E-state index is -0.698. The predicted molar refractivity (Wildman–Crippen MR) is 108 cm³/mol. The molecule has 0 saturated heterocycles. The molecule has 3 rings (SSSR count). The number of rotatable bonds is 7. The quantitative estimate of drug-likeness (QED) is 0.430. The molecule has 0 saturated carbocycles. The van der Waals surface area contributed by atoms with E-state index in [1.165, 1.54) is 12.1 Å². The molecule has 0 aromatic heterocycles. The van der Waals surface area contributed by atoms with Crippen LogP contribution in [0.4, 0.5) is 11.4 Å². The van der Waals surface area contributed by atoms with Crippen LogP contribution >= 0.6 is 0 Å². The summed E-state index contributed by atoms with van der Waals surface area (Å²) in [5, 5.41) is 10.7. The van der Waals surface area contributed by atoms with Crippen LogP contribution in [0.2, 0.25) is 0 Å². The number of benzene rings is 2. The lowest BCUT2D eigenvalue weighted by Gasteiger charge is -2.41. The minimum absolute atomic E-state index is 0.0279. The van der Waals surface area contributed by atoms with Gasteiger partial charge in [-0.15, -0.1) is 0 Å². The van der Waals surface area contributed by atoms with Crippen molar-refractivity contribution in [3.05, 3.63) is 64.7 Å². The van der Waals surface area contributed by atoms with Crippen LogP contribution in [0, 0.1) is 10.1 Å². The van der Waals surface area contributed by atoms with Gasteiger partial charge in [0.25, 0.3) is 5.69 Å². The first-order valence-electron chi connectivity index (χ1n) is 8.81. The second-order valence-electron chi connectivity index (χ2n) is 6.53. The second kappa shape index (κ2) is 7.95. The van der Waals surface area contributed by atoms with Crippen molar-refractivity contribution < 1.29 is 9.66 Å². The average molecular weight is 382 g/mol. The lowest BCUT2D eigenvalue weighted by molar-refractivity contribution is -0.384. The number of non-ortho nitro benzene ring substituents is 1. The molecule has 1 unspecified atom stereocenters. The SMILES string of the molecule is CC1(CCCOc2ccc([N+](=O)[O-])cc2)N=C(N)N=C(N)N1c1ccccc1. The number of anilines is 1. The molecule has 1 atom stereocenters. The van der Waals surface area contributed by atoms with Gasteiger partial charge in [-0.25, -0.2) is 4.99 Å². The number of para-hydroxylation sites is 1. The molecule has 1 aliphatic rings. The fraction of sp³-hybridized carbons (Fsp3) is 0.263. The Morgan fingerprint density at radius 1 is 1.14 bits per heavy atom. The number of nitro benzene ring substituents is 1. The number of guanidine groups is 2. The standard InChI is InChI=1S/C19H22N6O3/c1-19(12-5-13-28-16-10-8-15(9-11-16)25(26)27)23-17(20)22-18(21)24(19)14-6-3-2-4-7-14/h2-4,6-11H,5,12-13H2,1H3,(H4,20,21,22,23). The van der Waals surface area contributed by atoms with E-state index < -0.39 is 10.6 Å². The Morgan fingerprint density at radius 2 is 1.82 bits per heavy atom. The van der Waals surface area contributed by atoms with Gasteiger partial charge in [-0.1, -0.05) is 18.2 Å². The predicted octanol–water partition coefficient (Wildman–Crippen LogP) is 2.62. The Morgan fingerprint density at radius 3 is 2.46 bits per heavy atom. The van der Waals surface area contributed by atoms with E-state index >= 15 is 0 Å². The van der Waals surface area contributed by atoms with E-state index in [-0.39, 0.29) is 17.6 Å². The summed E-state index contributed by atoms with van der Waals surface area (Å²) < 4.78 is 5.69. The van der Waals surface area contributed by atoms with Crippen molar-refractivity contribution >= 4 is 23.3 Å². The number of ether oxygens (including phenoxy) is 1. The first-order valence-corrected chi connectivity index (χ1v) is 8.81. The van der Waals surface area contributed by atoms with Gasteiger partial charge in [0.05, 0.1) is 11.5 Å². The Hall–Kier alpha value is -3.62. The van der Waals surface area contributed by atoms with Crippen LogP contribution in [0.15, 0.2) is 64.6 Å². The molecule has 1 aliphatic heterocycles. The molecule has 28 heavy (non-hydrogen) atoms. The third-order valence-corrected chi connectivity index (χ3v) is 4.42. The van der Waals surface area contributed by atoms with Crippen LogP contribution in [0.3, 0.4) is 0 Å². The number of nitrogens with zero attached hydrogens (tertiary/aromatic N) is 4. The Labute approximate surface area is 162 Å². The van der Waals surface area contributed by atoms with Crippen molar-refractivity contribution in [1.82, 2.24) is 0 Å². The van der Waals surface area contributed by atoms with E-state index in [4.69, 9.17) is 16.2 Å². The molecule has 0 aliphatic carbocycles. The molecule has 0 spiro atoms. The molecule has 0 bridgehead atoms. The fourth-order valence-electron chi connectivity index (χ4n) is 3.15. The maximum absolute atomic E-state index is 10.7. The molecule has 0 amide bonds. The highest BCUT2D eigenvalue weighted by atomic mass is 16.6. The molecule has 2 aromatic rings. The van der Waals surface area contributed by atoms with Crippen molar-refractivity contribution in [2.75, 3.05) is 11.5 Å². The number of aliphatic imine (C=N–C) groups is 2. The summed E-state index contributed by atoms with van der Waals surface area (Å²) in [6, 6.07) is 15.6. The lowest BCUT2D eigenvalue weighted by Crippen LogP contribution is -2.56. The summed E-state index contributed by atoms with van der Waals surface area (Å²) in [5.41, 5.74) is 12.2. The van der Waals surface area contributed by atoms with Crippen molar-refractivity contribution in [3.63, 3.8) is 0 Å². The highest BCUT2D eigenvalue weighted by Crippen LogP contribution is 2.31. The van der Waals surface area contributed by atoms with Gasteiger partial charge < -0.3 is 16.2 Å². The summed E-state index contributed by atoms with van der Waals surface area (Å²) in [6.45, 7) is 2.36. The smallest absolute Gasteiger partial charge is 0.269 e. The molecule has 0 radical (unpaired) electrons. The highest BCUT2D eigenvalue weighted by molar-refractivity contribution is 6.05. The minimum Gasteiger partial charge on any atom is -0.494 e. The number of hydrogen-bond donors (Lipinski definition) is 2. The number of nitro groups is 1. The molecule has 9 heteroatoms. The van der Waals surface area contributed by atoms with Crippen molar-refractivity contribution in [2.45, 2.75) is 25.4 Å². The summed E-state index contributed by atoms with van der Waals surface area (Å²) in [7, 11) is 0. The van der Waals surface area contributed by atoms with Crippen molar-refractivity contribution in [2.24, 2.45) is 21.5 Å². The van der Waals surface area contributed by atoms with Gasteiger partial charge in [-0.3, -0.25) is 15.0 Å². The molecule has 2 aromatic carbocycles. The van der Waals surface area contributed by atoms with E-state index in [9.17, 15) is 10.1 Å². The molecular weight excluding hydrogens is 360 g/mol. The maximum Gasteiger partial charge on any atom is 0.269 e. The fourth-order valence-corrected chi connectivity index (χ4v) is 3.15. The van der Waals surface area contributed by atoms with Crippen LogP contribution in [-0.4, -0.2) is 29.1 Å². The zero-order valence-corrected chi connectivity index (χ0v) is 15.5. The van der Waals surface area contributed by atoms with Gasteiger partial charge in [0.15, 0.2) is 0 Å². The van der Waals surface area contributed by atoms with E-state index in [0.717, 1.165) is 5.69 Å². The zero-order chi connectivity index (χ0) is 20.1. The topological polar surface area (TPSA) is 132 Å². The van der Waals surface area contributed by atoms with E-state index in [0.29, 0.717) is 25.2 Å². The molecule has 1 heterocycles. The van der Waals surface area contributed by atoms with Crippen molar-refractivity contribution in [3.8, 4) is 5.75 Å². The van der Waals surface area contributed by atoms with Gasteiger partial charge in [0, 0.05) is 17.8 Å². The summed E-state index contributed by atoms with van der Waals surface area (Å²) in [5.74, 6) is 1.00. The Balaban J connectivity index is 1.65. The largest absolute Gasteiger partial charge is 0.494 e. The van der Waals surface area contributed by atoms with E-state index in [1.54, 1.807) is 12.1 Å². The highest BCUT2D eigenvalue weighted by Gasteiger charge is 2.37. The van der Waals surface area contributed by atoms with Gasteiger partial charge in [0.2, 0.25) is 11.9 Å². The second-order valence-corrected chi connectivity index (χ2v) is 6.53. The summed E-state index contributed by atoms with van der Waals surface area (Å²) >= 11 is 0. The number of nitrogens with two attached hydrogens (primary N) is 2.